The molecule has 21 heavy (non-hydrogen) atoms. The molecule has 0 aliphatic carbocycles. The fourth-order valence-corrected chi connectivity index (χ4v) is 2.41. The number of fused-ring (bicyclic) bond motifs is 1. The highest BCUT2D eigenvalue weighted by Crippen LogP contribution is 2.30. The zero-order valence-corrected chi connectivity index (χ0v) is 12.0. The van der Waals surface area contributed by atoms with Crippen LogP contribution in [0.15, 0.2) is 36.7 Å². The van der Waals surface area contributed by atoms with Crippen molar-refractivity contribution in [1.82, 2.24) is 10.3 Å². The summed E-state index contributed by atoms with van der Waals surface area (Å²) in [6.07, 6.45) is -0.618. The molecule has 2 rings (SSSR count). The quantitative estimate of drug-likeness (QED) is 0.841. The van der Waals surface area contributed by atoms with E-state index in [1.54, 1.807) is 12.4 Å². The topological polar surface area (TPSA) is 24.9 Å². The van der Waals surface area contributed by atoms with E-state index in [0.29, 0.717) is 6.54 Å². The normalized spacial score (nSPS) is 13.5. The molecule has 1 atom stereocenters. The van der Waals surface area contributed by atoms with Crippen LogP contribution in [0.25, 0.3) is 10.8 Å². The molecule has 1 aromatic heterocycles. The zero-order valence-electron chi connectivity index (χ0n) is 12.0. The Balaban J connectivity index is 2.29. The highest BCUT2D eigenvalue weighted by molar-refractivity contribution is 5.85. The minimum absolute atomic E-state index is 0.0270. The minimum atomic E-state index is -4.13. The third-order valence-corrected chi connectivity index (χ3v) is 3.43. The molecule has 0 aliphatic heterocycles. The van der Waals surface area contributed by atoms with E-state index in [1.165, 1.54) is 0 Å². The molecule has 0 fully saturated rings. The molecule has 2 aromatic rings. The van der Waals surface area contributed by atoms with Gasteiger partial charge >= 0.3 is 6.18 Å². The molecular weight excluding hydrogens is 277 g/mol. The summed E-state index contributed by atoms with van der Waals surface area (Å²) in [5.74, 6) is 0. The summed E-state index contributed by atoms with van der Waals surface area (Å²) in [7, 11) is 0. The largest absolute Gasteiger partial charge is 0.389 e. The van der Waals surface area contributed by atoms with E-state index in [1.807, 2.05) is 31.2 Å². The molecule has 0 radical (unpaired) electrons. The first-order chi connectivity index (χ1) is 10.0. The van der Waals surface area contributed by atoms with E-state index >= 15 is 0 Å². The molecule has 2 nitrogen and oxygen atoms in total. The smallest absolute Gasteiger partial charge is 0.310 e. The molecule has 0 spiro atoms. The van der Waals surface area contributed by atoms with E-state index < -0.39 is 12.6 Å². The van der Waals surface area contributed by atoms with Crippen molar-refractivity contribution in [1.29, 1.82) is 0 Å². The van der Waals surface area contributed by atoms with Gasteiger partial charge in [-0.05, 0) is 30.3 Å². The van der Waals surface area contributed by atoms with Gasteiger partial charge in [0.1, 0.15) is 0 Å². The van der Waals surface area contributed by atoms with Gasteiger partial charge in [0, 0.05) is 30.2 Å². The fourth-order valence-electron chi connectivity index (χ4n) is 2.41. The average molecular weight is 296 g/mol. The molecule has 5 heteroatoms. The van der Waals surface area contributed by atoms with Gasteiger partial charge in [-0.1, -0.05) is 31.2 Å². The molecule has 114 valence electrons. The van der Waals surface area contributed by atoms with Crippen LogP contribution < -0.4 is 5.32 Å². The summed E-state index contributed by atoms with van der Waals surface area (Å²) in [6, 6.07) is 7.32. The lowest BCUT2D eigenvalue weighted by Gasteiger charge is -2.21. The Kier molecular flexibility index (Phi) is 5.17. The molecule has 1 aromatic carbocycles. The third kappa shape index (κ3) is 4.43. The van der Waals surface area contributed by atoms with Crippen molar-refractivity contribution in [2.24, 2.45) is 0 Å². The van der Waals surface area contributed by atoms with Crippen LogP contribution >= 0.6 is 0 Å². The summed E-state index contributed by atoms with van der Waals surface area (Å²) in [4.78, 5) is 4.16. The Morgan fingerprint density at radius 2 is 1.95 bits per heavy atom. The Hall–Kier alpha value is -1.62. The van der Waals surface area contributed by atoms with Crippen LogP contribution in [-0.4, -0.2) is 17.7 Å². The van der Waals surface area contributed by atoms with Crippen LogP contribution in [-0.2, 0) is 0 Å². The monoisotopic (exact) mass is 296 g/mol. The fraction of sp³-hybridized carbons (Fsp3) is 0.438. The standard InChI is InChI=1S/C16H19F3N2/c1-2-9-21-15(7-8-16(17,18)19)14-11-20-10-12-5-3-4-6-13(12)14/h3-6,10-11,15,21H,2,7-9H2,1H3. The number of nitrogens with zero attached hydrogens (tertiary/aromatic N) is 1. The number of alkyl halides is 3. The van der Waals surface area contributed by atoms with Crippen molar-refractivity contribution < 1.29 is 13.2 Å². The van der Waals surface area contributed by atoms with Crippen LogP contribution in [0.5, 0.6) is 0 Å². The van der Waals surface area contributed by atoms with Gasteiger partial charge < -0.3 is 5.32 Å². The molecule has 0 amide bonds. The number of benzene rings is 1. The second kappa shape index (κ2) is 6.89. The Labute approximate surface area is 122 Å². The molecule has 1 unspecified atom stereocenters. The highest BCUT2D eigenvalue weighted by atomic mass is 19.4. The summed E-state index contributed by atoms with van der Waals surface area (Å²) in [5, 5.41) is 5.12. The Bertz CT molecular complexity index is 576. The Morgan fingerprint density at radius 1 is 1.19 bits per heavy atom. The molecule has 1 heterocycles. The summed E-state index contributed by atoms with van der Waals surface area (Å²) in [5.41, 5.74) is 0.839. The minimum Gasteiger partial charge on any atom is -0.310 e. The number of hydrogen-bond acceptors (Lipinski definition) is 2. The first-order valence-electron chi connectivity index (χ1n) is 7.14. The molecule has 0 saturated carbocycles. The predicted octanol–water partition coefficient (Wildman–Crippen LogP) is 4.62. The van der Waals surface area contributed by atoms with Crippen molar-refractivity contribution in [2.75, 3.05) is 6.54 Å². The maximum Gasteiger partial charge on any atom is 0.389 e. The predicted molar refractivity (Wildman–Crippen MR) is 78.1 cm³/mol. The van der Waals surface area contributed by atoms with Gasteiger partial charge in [0.2, 0.25) is 0 Å². The first kappa shape index (κ1) is 15.8. The summed E-state index contributed by atoms with van der Waals surface area (Å²) >= 11 is 0. The van der Waals surface area contributed by atoms with Gasteiger partial charge in [-0.15, -0.1) is 0 Å². The number of aromatic nitrogens is 1. The molecule has 0 bridgehead atoms. The maximum absolute atomic E-state index is 12.5. The highest BCUT2D eigenvalue weighted by Gasteiger charge is 2.29. The second-order valence-electron chi connectivity index (χ2n) is 5.11. The number of rotatable bonds is 6. The summed E-state index contributed by atoms with van der Waals surface area (Å²) in [6.45, 7) is 2.68. The second-order valence-corrected chi connectivity index (χ2v) is 5.11. The lowest BCUT2D eigenvalue weighted by atomic mass is 9.98. The van der Waals surface area contributed by atoms with Crippen LogP contribution in [0.4, 0.5) is 13.2 Å². The lowest BCUT2D eigenvalue weighted by Crippen LogP contribution is -2.24. The van der Waals surface area contributed by atoms with Crippen molar-refractivity contribution in [3.63, 3.8) is 0 Å². The molecule has 0 saturated heterocycles. The maximum atomic E-state index is 12.5. The van der Waals surface area contributed by atoms with Gasteiger partial charge in [-0.2, -0.15) is 13.2 Å². The van der Waals surface area contributed by atoms with E-state index in [4.69, 9.17) is 0 Å². The van der Waals surface area contributed by atoms with E-state index in [2.05, 4.69) is 10.3 Å². The first-order valence-corrected chi connectivity index (χ1v) is 7.14. The number of hydrogen-bond donors (Lipinski definition) is 1. The third-order valence-electron chi connectivity index (χ3n) is 3.43. The number of nitrogens with one attached hydrogen (secondary N) is 1. The van der Waals surface area contributed by atoms with E-state index in [0.717, 1.165) is 22.8 Å². The van der Waals surface area contributed by atoms with Gasteiger partial charge in [-0.25, -0.2) is 0 Å². The van der Waals surface area contributed by atoms with E-state index in [9.17, 15) is 13.2 Å². The number of halogens is 3. The van der Waals surface area contributed by atoms with Crippen molar-refractivity contribution in [3.8, 4) is 0 Å². The summed E-state index contributed by atoms with van der Waals surface area (Å²) < 4.78 is 37.6. The van der Waals surface area contributed by atoms with Crippen molar-refractivity contribution in [3.05, 3.63) is 42.2 Å². The van der Waals surface area contributed by atoms with Gasteiger partial charge in [-0.3, -0.25) is 4.98 Å². The van der Waals surface area contributed by atoms with Crippen LogP contribution in [0.1, 0.15) is 37.8 Å². The van der Waals surface area contributed by atoms with Crippen molar-refractivity contribution >= 4 is 10.8 Å². The van der Waals surface area contributed by atoms with Crippen LogP contribution in [0.2, 0.25) is 0 Å². The average Bonchev–Trinajstić information content (AvgIpc) is 2.46. The lowest BCUT2D eigenvalue weighted by molar-refractivity contribution is -0.136. The Morgan fingerprint density at radius 3 is 2.67 bits per heavy atom. The SMILES string of the molecule is CCCNC(CCC(F)(F)F)c1cncc2ccccc12. The van der Waals surface area contributed by atoms with Gasteiger partial charge in [0.15, 0.2) is 0 Å². The zero-order chi connectivity index (χ0) is 15.3. The molecule has 1 N–H and O–H groups in total. The molecule has 0 aliphatic rings. The van der Waals surface area contributed by atoms with Gasteiger partial charge in [0.25, 0.3) is 0 Å². The van der Waals surface area contributed by atoms with E-state index in [-0.39, 0.29) is 12.5 Å². The number of pyridine rings is 1. The van der Waals surface area contributed by atoms with Gasteiger partial charge in [0.05, 0.1) is 0 Å². The van der Waals surface area contributed by atoms with Crippen molar-refractivity contribution in [2.45, 2.75) is 38.4 Å². The van der Waals surface area contributed by atoms with Crippen LogP contribution in [0.3, 0.4) is 0 Å². The van der Waals surface area contributed by atoms with Crippen LogP contribution in [0, 0.1) is 0 Å². The molecular formula is C16H19F3N2.